The fourth-order valence-electron chi connectivity index (χ4n) is 18.7. The first-order valence-corrected chi connectivity index (χ1v) is 51.3. The molecule has 1 N–H and O–H groups in total. The van der Waals surface area contributed by atoms with E-state index in [9.17, 15) is 16.8 Å². The summed E-state index contributed by atoms with van der Waals surface area (Å²) in [6.45, 7) is 81.5. The van der Waals surface area contributed by atoms with E-state index in [1.165, 1.54) is 182 Å². The number of H-pyrrole nitrogens is 1. The molecule has 7 aromatic rings. The van der Waals surface area contributed by atoms with Crippen molar-refractivity contribution in [1.82, 2.24) is 96.6 Å². The Kier molecular flexibility index (Phi) is 37.9. The molecular formula is C99H176N20O4S2. The van der Waals surface area contributed by atoms with Crippen LogP contribution in [0.15, 0.2) is 81.2 Å². The Morgan fingerprint density at radius 3 is 1.04 bits per heavy atom. The van der Waals surface area contributed by atoms with Crippen LogP contribution in [0.4, 0.5) is 0 Å². The highest BCUT2D eigenvalue weighted by Gasteiger charge is 2.40. The number of aryl methyl sites for hydroxylation is 6. The van der Waals surface area contributed by atoms with Crippen LogP contribution in [0.5, 0.6) is 0 Å². The molecule has 7 aliphatic heterocycles. The molecule has 0 saturated carbocycles. The highest BCUT2D eigenvalue weighted by molar-refractivity contribution is 7.92. The van der Waals surface area contributed by atoms with E-state index >= 15 is 0 Å². The van der Waals surface area contributed by atoms with Gasteiger partial charge < -0.3 is 32.4 Å². The second-order valence-corrected chi connectivity index (χ2v) is 49.7. The lowest BCUT2D eigenvalue weighted by Crippen LogP contribution is -2.54. The molecule has 7 aliphatic rings. The molecule has 26 heteroatoms. The molecule has 708 valence electrons. The molecule has 7 aromatic heterocycles. The maximum Gasteiger partial charge on any atom is 0.157 e. The summed E-state index contributed by atoms with van der Waals surface area (Å²) < 4.78 is 61.8. The minimum atomic E-state index is -3.00. The van der Waals surface area contributed by atoms with Crippen LogP contribution in [0.25, 0.3) is 0 Å². The van der Waals surface area contributed by atoms with Crippen LogP contribution in [0.2, 0.25) is 0 Å². The van der Waals surface area contributed by atoms with Gasteiger partial charge in [-0.25, -0.2) is 46.7 Å². The molecule has 14 rings (SSSR count). The quantitative estimate of drug-likeness (QED) is 0.101. The van der Waals surface area contributed by atoms with Gasteiger partial charge in [-0.3, -0.25) is 34.3 Å². The number of rotatable bonds is 15. The predicted molar refractivity (Wildman–Crippen MR) is 518 cm³/mol. The number of nitrogens with zero attached hydrogens (tertiary/aromatic N) is 19. The van der Waals surface area contributed by atoms with Crippen molar-refractivity contribution in [2.45, 2.75) is 359 Å². The summed E-state index contributed by atoms with van der Waals surface area (Å²) in [5, 5.41) is -0.678. The lowest BCUT2D eigenvalue weighted by atomic mass is 9.90. The summed E-state index contributed by atoms with van der Waals surface area (Å²) in [6.07, 6.45) is 40.3. The number of hydrogen-bond acceptors (Lipinski definition) is 17. The van der Waals surface area contributed by atoms with Gasteiger partial charge in [0.2, 0.25) is 0 Å². The molecular weight excluding hydrogens is 1600 g/mol. The third-order valence-corrected chi connectivity index (χ3v) is 31.6. The van der Waals surface area contributed by atoms with Crippen LogP contribution in [0.3, 0.4) is 0 Å². The second kappa shape index (κ2) is 45.3. The Balaban J connectivity index is 0.000000181. The first kappa shape index (κ1) is 105. The molecule has 0 spiro atoms. The SMILES string of the molecule is CC(C)(C)N1CCC[C@H](Cc2cnc[nH]2)C1.CCc1ccn(C[C@@H]2CCCN(C(C)(C)C)C2)c1.Cc1cn(C[C@H]2CN(C(C)(C)C)CCS2(=O)=O)cn1.Cc1cn(C[C@H]2CN(C(C)(C)C)CCS2(=O)=O)cn1.Cc1ncn(C[C@@H]2CCCN(C(C)(C)C)C2)c1C.Cc1ncn(C[C@H]2CCCN(C(C)(C)C)C2)c1C.Cn1cncc1C[C@@H]1CCCN(C(C)(C)C)C1. The van der Waals surface area contributed by atoms with Crippen molar-refractivity contribution in [3.8, 4) is 0 Å². The summed E-state index contributed by atoms with van der Waals surface area (Å²) in [6, 6.07) is 2.25. The Labute approximate surface area is 759 Å². The van der Waals surface area contributed by atoms with Crippen LogP contribution in [0, 0.1) is 71.1 Å². The number of sulfone groups is 2. The van der Waals surface area contributed by atoms with Crippen LogP contribution in [-0.2, 0) is 78.7 Å². The molecule has 0 unspecified atom stereocenters. The zero-order chi connectivity index (χ0) is 92.4. The van der Waals surface area contributed by atoms with E-state index in [2.05, 4.69) is 293 Å². The zero-order valence-corrected chi connectivity index (χ0v) is 85.7. The number of imidazole rings is 6. The first-order chi connectivity index (χ1) is 58.1. The van der Waals surface area contributed by atoms with Gasteiger partial charge >= 0.3 is 0 Å². The van der Waals surface area contributed by atoms with Crippen molar-refractivity contribution in [3.05, 3.63) is 132 Å². The summed E-state index contributed by atoms with van der Waals surface area (Å²) in [5.41, 5.74) is 12.5. The fourth-order valence-corrected chi connectivity index (χ4v) is 22.0. The average molecular weight is 1770 g/mol. The lowest BCUT2D eigenvalue weighted by Gasteiger charge is -2.41. The van der Waals surface area contributed by atoms with E-state index in [0.717, 1.165) is 66.9 Å². The van der Waals surface area contributed by atoms with Gasteiger partial charge in [0.25, 0.3) is 0 Å². The van der Waals surface area contributed by atoms with Gasteiger partial charge in [-0.15, -0.1) is 0 Å². The standard InChI is InChI=1S/C16H28N2.2C15H27N3.C14H25N3.2C13H23N3O2S.C13H23N3/c1-5-14-8-10-17(11-14)12-15-7-6-9-18(13-15)16(2,3)4;2*1-12-13(2)17(11-16-12)9-14-7-6-8-18(10-14)15(3,4)5;1-14(2,3)17-7-5-6-12(10-17)8-13-9-15-11-16(13)4;2*1-11-7-15(10-14-11)8-12-9-16(13(2,3)4)5-6-19(12,17)18;1-13(2,3)16-6-4-5-11(9-16)7-12-8-14-10-15-12/h8,10-11,15H,5-7,9,12-13H2,1-4H3;2*11,14H,6-10H2,1-5H3;9,11-12H,5-8,10H2,1-4H3;2*7,10,12H,5-6,8-9H2,1-4H3;8,10-11H,4-7,9H2,1-3H3,(H,14,15)/t15-;2*14-;3*12-;11-/m0100001/s1. The van der Waals surface area contributed by atoms with E-state index in [-0.39, 0.29) is 33.1 Å². The van der Waals surface area contributed by atoms with Gasteiger partial charge in [-0.2, -0.15) is 0 Å². The normalized spacial score (nSPS) is 23.3. The number of aromatic nitrogens is 13. The Morgan fingerprint density at radius 1 is 0.384 bits per heavy atom. The zero-order valence-electron chi connectivity index (χ0n) is 84.0. The topological polar surface area (TPSA) is 214 Å². The summed E-state index contributed by atoms with van der Waals surface area (Å²) >= 11 is 0. The molecule has 0 amide bonds. The molecule has 0 radical (unpaired) electrons. The largest absolute Gasteiger partial charge is 0.354 e. The molecule has 24 nitrogen and oxygen atoms in total. The third kappa shape index (κ3) is 33.5. The minimum absolute atomic E-state index is 0.0129. The summed E-state index contributed by atoms with van der Waals surface area (Å²) in [5.74, 6) is 4.43. The molecule has 7 atom stereocenters. The van der Waals surface area contributed by atoms with Gasteiger partial charge in [0.05, 0.1) is 82.7 Å². The second-order valence-electron chi connectivity index (χ2n) is 44.9. The van der Waals surface area contributed by atoms with E-state index in [4.69, 9.17) is 0 Å². The maximum absolute atomic E-state index is 12.2. The van der Waals surface area contributed by atoms with Crippen molar-refractivity contribution in [3.63, 3.8) is 0 Å². The van der Waals surface area contributed by atoms with E-state index < -0.39 is 19.7 Å². The molecule has 7 saturated heterocycles. The number of piperidine rings is 5. The predicted octanol–water partition coefficient (Wildman–Crippen LogP) is 16.7. The van der Waals surface area contributed by atoms with E-state index in [0.29, 0.717) is 67.0 Å². The van der Waals surface area contributed by atoms with Gasteiger partial charge in [0.15, 0.2) is 19.7 Å². The van der Waals surface area contributed by atoms with E-state index in [1.807, 2.05) is 66.8 Å². The van der Waals surface area contributed by atoms with E-state index in [1.54, 1.807) is 19.0 Å². The highest BCUT2D eigenvalue weighted by atomic mass is 32.2. The average Bonchev–Trinajstić information content (AvgIpc) is 1.58. The monoisotopic (exact) mass is 1770 g/mol. The smallest absolute Gasteiger partial charge is 0.157 e. The lowest BCUT2D eigenvalue weighted by molar-refractivity contribution is 0.0732. The number of aromatic amines is 1. The number of nitrogens with one attached hydrogen (secondary N) is 1. The molecule has 14 heterocycles. The summed E-state index contributed by atoms with van der Waals surface area (Å²) in [4.78, 5) is 46.2. The minimum Gasteiger partial charge on any atom is -0.354 e. The van der Waals surface area contributed by atoms with Crippen LogP contribution < -0.4 is 0 Å². The van der Waals surface area contributed by atoms with Crippen molar-refractivity contribution in [1.29, 1.82) is 0 Å². The molecule has 0 bridgehead atoms. The van der Waals surface area contributed by atoms with Gasteiger partial charge in [-0.1, -0.05) is 6.92 Å². The van der Waals surface area contributed by atoms with Gasteiger partial charge in [0.1, 0.15) is 0 Å². The molecule has 125 heavy (non-hydrogen) atoms. The number of likely N-dealkylation sites (tertiary alicyclic amines) is 5. The van der Waals surface area contributed by atoms with Crippen LogP contribution in [0.1, 0.15) is 268 Å². The third-order valence-electron chi connectivity index (χ3n) is 27.5. The Hall–Kier alpha value is -5.84. The van der Waals surface area contributed by atoms with Crippen molar-refractivity contribution in [2.75, 3.05) is 103 Å². The molecule has 0 aromatic carbocycles. The first-order valence-electron chi connectivity index (χ1n) is 47.8. The molecule has 7 fully saturated rings. The highest BCUT2D eigenvalue weighted by Crippen LogP contribution is 2.33. The number of hydrogen-bond donors (Lipinski definition) is 1. The van der Waals surface area contributed by atoms with Crippen molar-refractivity contribution in [2.24, 2.45) is 36.6 Å². The van der Waals surface area contributed by atoms with Crippen molar-refractivity contribution < 1.29 is 16.8 Å². The van der Waals surface area contributed by atoms with Crippen molar-refractivity contribution >= 4 is 19.7 Å². The van der Waals surface area contributed by atoms with Crippen LogP contribution >= 0.6 is 0 Å². The summed E-state index contributed by atoms with van der Waals surface area (Å²) in [7, 11) is -3.90. The molecule has 0 aliphatic carbocycles. The van der Waals surface area contributed by atoms with Gasteiger partial charge in [0, 0.05) is 197 Å². The fraction of sp³-hybridized carbons (Fsp3) is 0.778. The maximum atomic E-state index is 12.2. The van der Waals surface area contributed by atoms with Crippen LogP contribution in [-0.4, -0.2) is 266 Å². The Morgan fingerprint density at radius 2 is 0.736 bits per heavy atom. The van der Waals surface area contributed by atoms with Gasteiger partial charge in [-0.05, 0) is 344 Å². The Bertz CT molecular complexity index is 4350.